The summed E-state index contributed by atoms with van der Waals surface area (Å²) in [6.45, 7) is 6.33. The third-order valence-electron chi connectivity index (χ3n) is 2.62. The highest BCUT2D eigenvalue weighted by molar-refractivity contribution is 7.85. The molecule has 1 aromatic carbocycles. The summed E-state index contributed by atoms with van der Waals surface area (Å²) in [4.78, 5) is 0.899. The molecule has 1 aromatic rings. The summed E-state index contributed by atoms with van der Waals surface area (Å²) in [7, 11) is -0.874. The number of rotatable bonds is 5. The van der Waals surface area contributed by atoms with Crippen LogP contribution in [0.15, 0.2) is 23.1 Å². The maximum absolute atomic E-state index is 12.0. The fourth-order valence-electron chi connectivity index (χ4n) is 1.53. The number of hydrogen-bond donors (Lipinski definition) is 1. The first kappa shape index (κ1) is 13.2. The van der Waals surface area contributed by atoms with Crippen LogP contribution in [0.5, 0.6) is 0 Å². The molecule has 0 amide bonds. The Bertz CT molecular complexity index is 374. The monoisotopic (exact) mass is 239 g/mol. The first-order valence-electron chi connectivity index (χ1n) is 5.75. The molecule has 0 aliphatic carbocycles. The van der Waals surface area contributed by atoms with Gasteiger partial charge in [-0.15, -0.1) is 0 Å². The molecule has 16 heavy (non-hydrogen) atoms. The van der Waals surface area contributed by atoms with Crippen LogP contribution < -0.4 is 5.73 Å². The van der Waals surface area contributed by atoms with E-state index in [1.807, 2.05) is 25.1 Å². The molecule has 0 radical (unpaired) electrons. The Balaban J connectivity index is 2.56. The van der Waals surface area contributed by atoms with Crippen molar-refractivity contribution < 1.29 is 4.21 Å². The van der Waals surface area contributed by atoms with Gasteiger partial charge in [-0.1, -0.05) is 20.3 Å². The van der Waals surface area contributed by atoms with Gasteiger partial charge in [-0.3, -0.25) is 4.21 Å². The van der Waals surface area contributed by atoms with Crippen LogP contribution in [0.1, 0.15) is 32.3 Å². The topological polar surface area (TPSA) is 43.1 Å². The molecule has 0 saturated heterocycles. The van der Waals surface area contributed by atoms with Crippen molar-refractivity contribution >= 4 is 16.5 Å². The third-order valence-corrected chi connectivity index (χ3v) is 4.05. The quantitative estimate of drug-likeness (QED) is 0.802. The second-order valence-electron chi connectivity index (χ2n) is 4.60. The molecule has 0 saturated carbocycles. The average Bonchev–Trinajstić information content (AvgIpc) is 2.21. The predicted molar refractivity (Wildman–Crippen MR) is 70.9 cm³/mol. The van der Waals surface area contributed by atoms with Crippen LogP contribution in [-0.4, -0.2) is 9.96 Å². The summed E-state index contributed by atoms with van der Waals surface area (Å²) in [5, 5.41) is 0. The molecule has 0 heterocycles. The third kappa shape index (κ3) is 3.97. The van der Waals surface area contributed by atoms with Crippen LogP contribution in [-0.2, 0) is 10.8 Å². The van der Waals surface area contributed by atoms with Gasteiger partial charge in [0.15, 0.2) is 0 Å². The molecule has 0 spiro atoms. The molecule has 0 fully saturated rings. The smallest absolute Gasteiger partial charge is 0.0529 e. The fourth-order valence-corrected chi connectivity index (χ4v) is 2.72. The zero-order valence-corrected chi connectivity index (χ0v) is 11.1. The van der Waals surface area contributed by atoms with Crippen molar-refractivity contribution in [2.24, 2.45) is 5.92 Å². The van der Waals surface area contributed by atoms with Crippen LogP contribution in [0.4, 0.5) is 5.69 Å². The summed E-state index contributed by atoms with van der Waals surface area (Å²) in [5.74, 6) is 1.44. The van der Waals surface area contributed by atoms with Gasteiger partial charge in [0.25, 0.3) is 0 Å². The van der Waals surface area contributed by atoms with Crippen molar-refractivity contribution in [1.82, 2.24) is 0 Å². The van der Waals surface area contributed by atoms with E-state index in [-0.39, 0.29) is 0 Å². The number of benzene rings is 1. The van der Waals surface area contributed by atoms with E-state index >= 15 is 0 Å². The molecule has 0 bridgehead atoms. The standard InChI is InChI=1S/C13H21NOS/c1-10(2)5-4-8-16(15)12-6-7-13(14)11(3)9-12/h6-7,9-10H,4-5,8,14H2,1-3H3. The van der Waals surface area contributed by atoms with Gasteiger partial charge in [0, 0.05) is 16.3 Å². The first-order valence-corrected chi connectivity index (χ1v) is 7.07. The number of nitrogen functional groups attached to an aromatic ring is 1. The first-order chi connectivity index (χ1) is 7.50. The number of hydrogen-bond acceptors (Lipinski definition) is 2. The Morgan fingerprint density at radius 3 is 2.62 bits per heavy atom. The van der Waals surface area contributed by atoms with E-state index in [1.165, 1.54) is 0 Å². The van der Waals surface area contributed by atoms with E-state index in [4.69, 9.17) is 5.73 Å². The summed E-state index contributed by atoms with van der Waals surface area (Å²) in [6, 6.07) is 5.64. The van der Waals surface area contributed by atoms with Crippen LogP contribution in [0.25, 0.3) is 0 Å². The minimum absolute atomic E-state index is 0.685. The molecular formula is C13H21NOS. The zero-order chi connectivity index (χ0) is 12.1. The van der Waals surface area contributed by atoms with E-state index in [1.54, 1.807) is 0 Å². The Hall–Kier alpha value is -0.830. The van der Waals surface area contributed by atoms with E-state index < -0.39 is 10.8 Å². The van der Waals surface area contributed by atoms with Crippen molar-refractivity contribution in [3.63, 3.8) is 0 Å². The highest BCUT2D eigenvalue weighted by Crippen LogP contribution is 2.17. The van der Waals surface area contributed by atoms with Crippen molar-refractivity contribution in [3.8, 4) is 0 Å². The molecule has 0 aromatic heterocycles. The fraction of sp³-hybridized carbons (Fsp3) is 0.538. The van der Waals surface area contributed by atoms with Gasteiger partial charge in [0.1, 0.15) is 0 Å². The van der Waals surface area contributed by atoms with Crippen LogP contribution in [0.3, 0.4) is 0 Å². The van der Waals surface area contributed by atoms with Gasteiger partial charge in [-0.25, -0.2) is 0 Å². The minimum atomic E-state index is -0.874. The summed E-state index contributed by atoms with van der Waals surface area (Å²) in [5.41, 5.74) is 7.51. The molecule has 1 unspecified atom stereocenters. The van der Waals surface area contributed by atoms with E-state index in [9.17, 15) is 4.21 Å². The second kappa shape index (κ2) is 6.04. The SMILES string of the molecule is Cc1cc(S(=O)CCCC(C)C)ccc1N. The Labute approximate surface area is 101 Å². The second-order valence-corrected chi connectivity index (χ2v) is 6.17. The lowest BCUT2D eigenvalue weighted by Crippen LogP contribution is -2.01. The normalized spacial score (nSPS) is 13.0. The van der Waals surface area contributed by atoms with Crippen molar-refractivity contribution in [2.75, 3.05) is 11.5 Å². The van der Waals surface area contributed by atoms with Crippen molar-refractivity contribution in [3.05, 3.63) is 23.8 Å². The average molecular weight is 239 g/mol. The van der Waals surface area contributed by atoms with Gasteiger partial charge in [-0.2, -0.15) is 0 Å². The molecule has 1 rings (SSSR count). The molecule has 2 N–H and O–H groups in total. The van der Waals surface area contributed by atoms with Crippen molar-refractivity contribution in [1.29, 1.82) is 0 Å². The largest absolute Gasteiger partial charge is 0.399 e. The number of aryl methyl sites for hydroxylation is 1. The maximum Gasteiger partial charge on any atom is 0.0529 e. The van der Waals surface area contributed by atoms with Crippen LogP contribution in [0.2, 0.25) is 0 Å². The summed E-state index contributed by atoms with van der Waals surface area (Å²) in [6.07, 6.45) is 2.16. The highest BCUT2D eigenvalue weighted by atomic mass is 32.2. The van der Waals surface area contributed by atoms with Crippen molar-refractivity contribution in [2.45, 2.75) is 38.5 Å². The number of nitrogens with two attached hydrogens (primary N) is 1. The lowest BCUT2D eigenvalue weighted by Gasteiger charge is -2.06. The Morgan fingerprint density at radius 2 is 2.06 bits per heavy atom. The van der Waals surface area contributed by atoms with Gasteiger partial charge in [-0.05, 0) is 43.0 Å². The van der Waals surface area contributed by atoms with Crippen LogP contribution >= 0.6 is 0 Å². The van der Waals surface area contributed by atoms with E-state index in [2.05, 4.69) is 13.8 Å². The molecule has 1 atom stereocenters. The molecule has 2 nitrogen and oxygen atoms in total. The minimum Gasteiger partial charge on any atom is -0.399 e. The van der Waals surface area contributed by atoms with E-state index in [0.717, 1.165) is 34.7 Å². The molecule has 90 valence electrons. The molecule has 3 heteroatoms. The van der Waals surface area contributed by atoms with Crippen LogP contribution in [0, 0.1) is 12.8 Å². The maximum atomic E-state index is 12.0. The van der Waals surface area contributed by atoms with Gasteiger partial charge in [0.2, 0.25) is 0 Å². The molecule has 0 aliphatic rings. The Morgan fingerprint density at radius 1 is 1.38 bits per heavy atom. The Kier molecular flexibility index (Phi) is 5.00. The number of anilines is 1. The van der Waals surface area contributed by atoms with Gasteiger partial charge < -0.3 is 5.73 Å². The summed E-state index contributed by atoms with van der Waals surface area (Å²) >= 11 is 0. The lowest BCUT2D eigenvalue weighted by molar-refractivity contribution is 0.575. The lowest BCUT2D eigenvalue weighted by atomic mass is 10.1. The molecular weight excluding hydrogens is 218 g/mol. The zero-order valence-electron chi connectivity index (χ0n) is 10.3. The van der Waals surface area contributed by atoms with E-state index in [0.29, 0.717) is 5.92 Å². The summed E-state index contributed by atoms with van der Waals surface area (Å²) < 4.78 is 12.0. The van der Waals surface area contributed by atoms with Gasteiger partial charge in [0.05, 0.1) is 10.8 Å². The highest BCUT2D eigenvalue weighted by Gasteiger charge is 2.05. The van der Waals surface area contributed by atoms with Gasteiger partial charge >= 0.3 is 0 Å². The molecule has 0 aliphatic heterocycles. The predicted octanol–water partition coefficient (Wildman–Crippen LogP) is 3.12.